The lowest BCUT2D eigenvalue weighted by Gasteiger charge is -2.42. The number of rotatable bonds is 12. The second kappa shape index (κ2) is 16.2. The van der Waals surface area contributed by atoms with Gasteiger partial charge in [-0.15, -0.1) is 0 Å². The average Bonchev–Trinajstić information content (AvgIpc) is 3.43. The van der Waals surface area contributed by atoms with Crippen molar-refractivity contribution in [3.63, 3.8) is 0 Å². The van der Waals surface area contributed by atoms with Gasteiger partial charge in [0.05, 0.1) is 30.9 Å². The van der Waals surface area contributed by atoms with Gasteiger partial charge in [-0.25, -0.2) is 9.69 Å². The van der Waals surface area contributed by atoms with Gasteiger partial charge in [-0.2, -0.15) is 0 Å². The molecule has 6 rings (SSSR count). The van der Waals surface area contributed by atoms with Gasteiger partial charge in [-0.3, -0.25) is 14.6 Å². The second-order valence-electron chi connectivity index (χ2n) is 12.8. The van der Waals surface area contributed by atoms with E-state index < -0.39 is 30.2 Å². The zero-order valence-corrected chi connectivity index (χ0v) is 28.2. The van der Waals surface area contributed by atoms with Gasteiger partial charge in [0.15, 0.2) is 6.29 Å². The first kappa shape index (κ1) is 34.9. The molecule has 0 radical (unpaired) electrons. The lowest BCUT2D eigenvalue weighted by molar-refractivity contribution is -0.275. The smallest absolute Gasteiger partial charge is 0.408 e. The van der Waals surface area contributed by atoms with Crippen molar-refractivity contribution in [3.8, 4) is 0 Å². The van der Waals surface area contributed by atoms with E-state index in [0.29, 0.717) is 12.2 Å². The minimum absolute atomic E-state index is 0.00598. The van der Waals surface area contributed by atoms with Crippen LogP contribution >= 0.6 is 0 Å². The van der Waals surface area contributed by atoms with Crippen molar-refractivity contribution in [1.29, 1.82) is 0 Å². The number of benzene rings is 3. The molecule has 1 unspecified atom stereocenters. The van der Waals surface area contributed by atoms with E-state index in [1.54, 1.807) is 30.5 Å². The SMILES string of the molecule is C[C@H]1[C@@H](CN(C)CCc2ccccn2)O[C@@H](c2ccc(N3C(=O)CC(NC(=O)OCc4ccccc4)C3=O)cc2)O[C@H]1c1ccc(CO)cc1. The van der Waals surface area contributed by atoms with Crippen molar-refractivity contribution >= 4 is 23.6 Å². The van der Waals surface area contributed by atoms with E-state index >= 15 is 0 Å². The lowest BCUT2D eigenvalue weighted by atomic mass is 9.90. The maximum absolute atomic E-state index is 13.2. The van der Waals surface area contributed by atoms with Crippen molar-refractivity contribution in [2.75, 3.05) is 25.0 Å². The van der Waals surface area contributed by atoms with Crippen molar-refractivity contribution in [1.82, 2.24) is 15.2 Å². The van der Waals surface area contributed by atoms with Crippen LogP contribution in [0.15, 0.2) is 103 Å². The summed E-state index contributed by atoms with van der Waals surface area (Å²) in [5.74, 6) is -0.944. The van der Waals surface area contributed by atoms with Crippen LogP contribution < -0.4 is 10.2 Å². The van der Waals surface area contributed by atoms with Crippen LogP contribution in [0.1, 0.15) is 53.7 Å². The van der Waals surface area contributed by atoms with Gasteiger partial charge in [0.1, 0.15) is 12.6 Å². The van der Waals surface area contributed by atoms with E-state index in [4.69, 9.17) is 14.2 Å². The first-order chi connectivity index (χ1) is 24.3. The number of hydrogen-bond donors (Lipinski definition) is 2. The Morgan fingerprint density at radius 3 is 2.36 bits per heavy atom. The number of aliphatic hydroxyl groups is 1. The molecule has 2 saturated heterocycles. The molecule has 5 atom stereocenters. The van der Waals surface area contributed by atoms with Gasteiger partial charge in [-0.05, 0) is 48.0 Å². The Balaban J connectivity index is 1.13. The number of imide groups is 1. The van der Waals surface area contributed by atoms with Crippen molar-refractivity contribution in [2.24, 2.45) is 5.92 Å². The fourth-order valence-corrected chi connectivity index (χ4v) is 6.28. The molecule has 2 fully saturated rings. The highest BCUT2D eigenvalue weighted by Gasteiger charge is 2.42. The quantitative estimate of drug-likeness (QED) is 0.197. The molecule has 0 spiro atoms. The predicted octanol–water partition coefficient (Wildman–Crippen LogP) is 5.10. The number of pyridine rings is 1. The van der Waals surface area contributed by atoms with Crippen LogP contribution in [-0.2, 0) is 43.4 Å². The zero-order chi connectivity index (χ0) is 35.0. The van der Waals surface area contributed by atoms with Crippen LogP contribution in [-0.4, -0.2) is 65.2 Å². The maximum Gasteiger partial charge on any atom is 0.408 e. The molecule has 0 aliphatic carbocycles. The standard InChI is InChI=1S/C39H42N4O7/c1-26-34(23-42(2)21-19-31-10-6-7-20-40-31)49-38(50-36(26)29-13-11-27(24-44)12-14-29)30-15-17-32(18-16-30)43-35(45)22-33(37(43)46)41-39(47)48-25-28-8-4-3-5-9-28/h3-18,20,26,33-34,36,38,44H,19,21-25H2,1-2H3,(H,41,47)/t26-,33?,34+,36+,38+/m0/s1. The van der Waals surface area contributed by atoms with Gasteiger partial charge < -0.3 is 29.5 Å². The molecule has 4 aromatic rings. The summed E-state index contributed by atoms with van der Waals surface area (Å²) < 4.78 is 18.4. The zero-order valence-electron chi connectivity index (χ0n) is 28.2. The molecule has 3 aromatic carbocycles. The monoisotopic (exact) mass is 678 g/mol. The molecule has 50 heavy (non-hydrogen) atoms. The number of anilines is 1. The van der Waals surface area contributed by atoms with E-state index in [1.807, 2.05) is 72.8 Å². The fraction of sp³-hybridized carbons (Fsp3) is 0.333. The van der Waals surface area contributed by atoms with Gasteiger partial charge in [0, 0.05) is 42.9 Å². The summed E-state index contributed by atoms with van der Waals surface area (Å²) in [5.41, 5.74) is 4.76. The Labute approximate surface area is 291 Å². The number of alkyl carbamates (subject to hydrolysis) is 1. The molecule has 0 saturated carbocycles. The summed E-state index contributed by atoms with van der Waals surface area (Å²) in [5, 5.41) is 12.1. The van der Waals surface area contributed by atoms with Gasteiger partial charge in [0.25, 0.3) is 5.91 Å². The number of nitrogens with one attached hydrogen (secondary N) is 1. The molecule has 2 N–H and O–H groups in total. The maximum atomic E-state index is 13.2. The molecule has 11 heteroatoms. The number of carbonyl (C=O) groups is 3. The van der Waals surface area contributed by atoms with E-state index in [2.05, 4.69) is 29.2 Å². The number of amides is 3. The predicted molar refractivity (Wildman–Crippen MR) is 186 cm³/mol. The highest BCUT2D eigenvalue weighted by atomic mass is 16.7. The first-order valence-corrected chi connectivity index (χ1v) is 16.8. The number of carbonyl (C=O) groups excluding carboxylic acids is 3. The molecule has 260 valence electrons. The largest absolute Gasteiger partial charge is 0.445 e. The highest BCUT2D eigenvalue weighted by molar-refractivity contribution is 6.22. The normalized spacial score (nSPS) is 22.2. The van der Waals surface area contributed by atoms with Gasteiger partial charge in [-0.1, -0.05) is 79.7 Å². The van der Waals surface area contributed by atoms with Crippen LogP contribution in [0.4, 0.5) is 10.5 Å². The number of nitrogens with zero attached hydrogens (tertiary/aromatic N) is 3. The second-order valence-corrected chi connectivity index (χ2v) is 12.8. The summed E-state index contributed by atoms with van der Waals surface area (Å²) in [6.45, 7) is 3.59. The first-order valence-electron chi connectivity index (χ1n) is 16.8. The summed E-state index contributed by atoms with van der Waals surface area (Å²) in [6, 6.07) is 28.8. The van der Waals surface area contributed by atoms with E-state index in [9.17, 15) is 19.5 Å². The topological polar surface area (TPSA) is 131 Å². The molecule has 0 bridgehead atoms. The molecule has 11 nitrogen and oxygen atoms in total. The average molecular weight is 679 g/mol. The number of likely N-dealkylation sites (N-methyl/N-ethyl adjacent to an activating group) is 1. The Morgan fingerprint density at radius 1 is 0.940 bits per heavy atom. The third-order valence-electron chi connectivity index (χ3n) is 9.17. The number of hydrogen-bond acceptors (Lipinski definition) is 9. The molecule has 3 amide bonds. The Morgan fingerprint density at radius 2 is 1.66 bits per heavy atom. The molecule has 3 heterocycles. The summed E-state index contributed by atoms with van der Waals surface area (Å²) in [6.07, 6.45) is 0.499. The van der Waals surface area contributed by atoms with Gasteiger partial charge in [0.2, 0.25) is 5.91 Å². The lowest BCUT2D eigenvalue weighted by Crippen LogP contribution is -2.44. The Bertz CT molecular complexity index is 1740. The van der Waals surface area contributed by atoms with Gasteiger partial charge >= 0.3 is 6.09 Å². The van der Waals surface area contributed by atoms with Crippen LogP contribution in [0.3, 0.4) is 0 Å². The van der Waals surface area contributed by atoms with Crippen LogP contribution in [0.5, 0.6) is 0 Å². The highest BCUT2D eigenvalue weighted by Crippen LogP contribution is 2.42. The molecule has 1 aromatic heterocycles. The number of aliphatic hydroxyl groups excluding tert-OH is 1. The third kappa shape index (κ3) is 8.43. The van der Waals surface area contributed by atoms with E-state index in [1.165, 1.54) is 0 Å². The van der Waals surface area contributed by atoms with Crippen LogP contribution in [0.25, 0.3) is 0 Å². The molecular formula is C39H42N4O7. The number of aromatic nitrogens is 1. The Hall–Kier alpha value is -4.94. The van der Waals surface area contributed by atoms with E-state index in [-0.39, 0.29) is 37.8 Å². The van der Waals surface area contributed by atoms with E-state index in [0.717, 1.165) is 45.8 Å². The molecule has 2 aliphatic heterocycles. The molecule has 2 aliphatic rings. The summed E-state index contributed by atoms with van der Waals surface area (Å²) in [4.78, 5) is 46.4. The number of ether oxygens (including phenoxy) is 3. The van der Waals surface area contributed by atoms with Crippen molar-refractivity contribution < 1.29 is 33.7 Å². The van der Waals surface area contributed by atoms with Crippen LogP contribution in [0.2, 0.25) is 0 Å². The van der Waals surface area contributed by atoms with Crippen molar-refractivity contribution in [2.45, 2.75) is 57.5 Å². The fourth-order valence-electron chi connectivity index (χ4n) is 6.28. The van der Waals surface area contributed by atoms with Crippen molar-refractivity contribution in [3.05, 3.63) is 131 Å². The van der Waals surface area contributed by atoms with Crippen LogP contribution in [0, 0.1) is 5.92 Å². The minimum atomic E-state index is -1.02. The minimum Gasteiger partial charge on any atom is -0.445 e. The summed E-state index contributed by atoms with van der Waals surface area (Å²) in [7, 11) is 2.07. The third-order valence-corrected chi connectivity index (χ3v) is 9.17. The Kier molecular flexibility index (Phi) is 11.3. The summed E-state index contributed by atoms with van der Waals surface area (Å²) >= 11 is 0. The molecular weight excluding hydrogens is 636 g/mol.